The van der Waals surface area contributed by atoms with Crippen molar-refractivity contribution >= 4 is 17.5 Å². The van der Waals surface area contributed by atoms with Crippen LogP contribution in [0.2, 0.25) is 5.02 Å². The number of aliphatic hydroxyl groups is 1. The van der Waals surface area contributed by atoms with Gasteiger partial charge in [-0.15, -0.1) is 0 Å². The Labute approximate surface area is 188 Å². The lowest BCUT2D eigenvalue weighted by molar-refractivity contribution is -0.233. The number of nitriles is 1. The fourth-order valence-corrected chi connectivity index (χ4v) is 5.55. The first kappa shape index (κ1) is 19.7. The van der Waals surface area contributed by atoms with Gasteiger partial charge in [0.1, 0.15) is 5.75 Å². The maximum absolute atomic E-state index is 13.2. The second-order valence-electron chi connectivity index (χ2n) is 8.32. The van der Waals surface area contributed by atoms with E-state index in [2.05, 4.69) is 0 Å². The third-order valence-electron chi connectivity index (χ3n) is 6.82. The van der Waals surface area contributed by atoms with Crippen LogP contribution in [-0.4, -0.2) is 47.8 Å². The van der Waals surface area contributed by atoms with Crippen molar-refractivity contribution in [1.29, 1.82) is 5.26 Å². The molecular formula is C22H26ClF3N2O3. The van der Waals surface area contributed by atoms with Crippen molar-refractivity contribution in [2.24, 2.45) is 17.8 Å². The molecule has 1 aromatic carbocycles. The van der Waals surface area contributed by atoms with Crippen molar-refractivity contribution in [1.82, 2.24) is 4.90 Å². The summed E-state index contributed by atoms with van der Waals surface area (Å²) >= 11 is 6.29. The molecule has 9 heteroatoms. The summed E-state index contributed by atoms with van der Waals surface area (Å²) in [6.07, 6.45) is -5.54. The van der Waals surface area contributed by atoms with E-state index in [1.54, 1.807) is 11.8 Å². The number of likely N-dealkylation sites (tertiary alicyclic amines) is 1. The molecule has 1 heterocycles. The van der Waals surface area contributed by atoms with Gasteiger partial charge in [0.2, 0.25) is 5.91 Å². The molecule has 2 fully saturated rings. The number of amides is 1. The Kier molecular flexibility index (Phi) is 5.88. The number of methoxy groups -OCH3 is 1. The van der Waals surface area contributed by atoms with Crippen LogP contribution >= 0.6 is 11.6 Å². The van der Waals surface area contributed by atoms with Gasteiger partial charge in [0.05, 0.1) is 34.2 Å². The summed E-state index contributed by atoms with van der Waals surface area (Å²) in [5.41, 5.74) is 0.240. The van der Waals surface area contributed by atoms with Gasteiger partial charge in [-0.05, 0) is 56.1 Å². The van der Waals surface area contributed by atoms with Crippen LogP contribution in [0.15, 0.2) is 12.1 Å². The number of benzene rings is 1. The Balaban J connectivity index is 1.80. The summed E-state index contributed by atoms with van der Waals surface area (Å²) in [7, 11) is -2.77. The van der Waals surface area contributed by atoms with Gasteiger partial charge in [-0.25, -0.2) is 0 Å². The first-order valence-electron chi connectivity index (χ1n) is 11.7. The molecule has 1 N–H and O–H groups in total. The van der Waals surface area contributed by atoms with E-state index in [0.29, 0.717) is 25.7 Å². The fourth-order valence-electron chi connectivity index (χ4n) is 5.28. The molecule has 1 aromatic rings. The number of rotatable bonds is 4. The Morgan fingerprint density at radius 1 is 1.42 bits per heavy atom. The molecule has 1 saturated heterocycles. The summed E-state index contributed by atoms with van der Waals surface area (Å²) in [4.78, 5) is 14.8. The number of hydrogen-bond acceptors (Lipinski definition) is 4. The molecule has 2 aliphatic rings. The normalized spacial score (nSPS) is 29.1. The molecule has 0 unspecified atom stereocenters. The number of carbonyl (C=O) groups excluding carboxylic acids is 1. The summed E-state index contributed by atoms with van der Waals surface area (Å²) in [6.45, 7) is 2.01. The zero-order valence-corrected chi connectivity index (χ0v) is 17.7. The van der Waals surface area contributed by atoms with Crippen molar-refractivity contribution in [3.63, 3.8) is 0 Å². The largest absolute Gasteiger partial charge is 0.495 e. The number of halogens is 4. The lowest BCUT2D eigenvalue weighted by Gasteiger charge is -2.50. The van der Waals surface area contributed by atoms with Gasteiger partial charge < -0.3 is 14.7 Å². The molecule has 0 aromatic heterocycles. The predicted octanol–water partition coefficient (Wildman–Crippen LogP) is 4.34. The van der Waals surface area contributed by atoms with Crippen molar-refractivity contribution in [3.05, 3.63) is 28.3 Å². The molecule has 5 atom stereocenters. The van der Waals surface area contributed by atoms with Crippen LogP contribution in [-0.2, 0) is 11.2 Å². The number of ether oxygens (including phenoxy) is 1. The maximum Gasteiger partial charge on any atom is 0.414 e. The molecule has 1 aliphatic heterocycles. The van der Waals surface area contributed by atoms with Crippen LogP contribution in [0.25, 0.3) is 0 Å². The van der Waals surface area contributed by atoms with Crippen molar-refractivity contribution in [2.45, 2.75) is 57.3 Å². The van der Waals surface area contributed by atoms with Gasteiger partial charge in [-0.2, -0.15) is 18.4 Å². The van der Waals surface area contributed by atoms with Crippen LogP contribution in [0.4, 0.5) is 13.2 Å². The van der Waals surface area contributed by atoms with Crippen LogP contribution in [0.5, 0.6) is 5.75 Å². The molecule has 1 amide bonds. The highest BCUT2D eigenvalue weighted by molar-refractivity contribution is 6.33. The van der Waals surface area contributed by atoms with Gasteiger partial charge in [-0.1, -0.05) is 18.0 Å². The van der Waals surface area contributed by atoms with Gasteiger partial charge >= 0.3 is 6.18 Å². The van der Waals surface area contributed by atoms with E-state index in [4.69, 9.17) is 20.5 Å². The quantitative estimate of drug-likeness (QED) is 0.724. The predicted molar refractivity (Wildman–Crippen MR) is 109 cm³/mol. The molecule has 0 radical (unpaired) electrons. The van der Waals surface area contributed by atoms with Crippen LogP contribution < -0.4 is 4.74 Å². The number of carbonyl (C=O) groups is 1. The summed E-state index contributed by atoms with van der Waals surface area (Å²) in [5.74, 6) is -1.98. The zero-order chi connectivity index (χ0) is 25.4. The highest BCUT2D eigenvalue weighted by atomic mass is 35.5. The fraction of sp³-hybridized carbons (Fsp3) is 0.636. The summed E-state index contributed by atoms with van der Waals surface area (Å²) < 4.78 is 66.2. The third-order valence-corrected chi connectivity index (χ3v) is 7.23. The molecule has 3 rings (SSSR count). The minimum atomic E-state index is -4.69. The van der Waals surface area contributed by atoms with Gasteiger partial charge in [-0.3, -0.25) is 4.79 Å². The monoisotopic (exact) mass is 461 g/mol. The highest BCUT2D eigenvalue weighted by Crippen LogP contribution is 2.47. The standard InChI is InChI=1S/C22H26ClF3N2O3/c1-12-14-4-3-5-16(21(30)22(24,25)26)15(14)8-9-28(12)19(29)10-17-13(11-27)6-7-18(31-2)20(17)23/h6-7,12,14-16,21,30H,3-5,8-10H2,1-2H3/t12-,14+,15+,16+,21-/m0/s1/i2D3. The van der Waals surface area contributed by atoms with Gasteiger partial charge in [0.25, 0.3) is 0 Å². The number of hydrogen-bond donors (Lipinski definition) is 1. The Bertz CT molecular complexity index is 968. The first-order valence-corrected chi connectivity index (χ1v) is 10.6. The molecule has 1 aliphatic carbocycles. The Morgan fingerprint density at radius 3 is 2.81 bits per heavy atom. The molecule has 0 spiro atoms. The molecular weight excluding hydrogens is 433 g/mol. The number of alkyl halides is 3. The van der Waals surface area contributed by atoms with E-state index in [0.717, 1.165) is 0 Å². The first-order chi connectivity index (χ1) is 15.7. The summed E-state index contributed by atoms with van der Waals surface area (Å²) in [6, 6.07) is 4.16. The van der Waals surface area contributed by atoms with Gasteiger partial charge in [0.15, 0.2) is 6.10 Å². The maximum atomic E-state index is 13.2. The SMILES string of the molecule is [2H]C([2H])([2H])Oc1ccc(C#N)c(CC(=O)N2CC[C@H]3[C@H]([C@H](O)C(F)(F)F)CCC[C@@H]3[C@@H]2C)c1Cl. The van der Waals surface area contributed by atoms with Crippen LogP contribution in [0, 0.1) is 29.1 Å². The second kappa shape index (κ2) is 9.25. The van der Waals surface area contributed by atoms with E-state index in [1.807, 2.05) is 6.07 Å². The smallest absolute Gasteiger partial charge is 0.414 e. The minimum Gasteiger partial charge on any atom is -0.495 e. The van der Waals surface area contributed by atoms with Crippen molar-refractivity contribution in [2.75, 3.05) is 13.6 Å². The second-order valence-corrected chi connectivity index (χ2v) is 8.70. The molecule has 0 bridgehead atoms. The number of aliphatic hydroxyl groups excluding tert-OH is 1. The molecule has 1 saturated carbocycles. The Hall–Kier alpha value is -1.98. The number of nitrogens with zero attached hydrogens (tertiary/aromatic N) is 2. The van der Waals surface area contributed by atoms with Crippen molar-refractivity contribution < 1.29 is 31.9 Å². The number of fused-ring (bicyclic) bond motifs is 1. The topological polar surface area (TPSA) is 73.6 Å². The van der Waals surface area contributed by atoms with Crippen molar-refractivity contribution in [3.8, 4) is 11.8 Å². The minimum absolute atomic E-state index is 0.102. The van der Waals surface area contributed by atoms with E-state index in [9.17, 15) is 28.3 Å². The van der Waals surface area contributed by atoms with E-state index < -0.39 is 25.2 Å². The Morgan fingerprint density at radius 2 is 2.16 bits per heavy atom. The van der Waals surface area contributed by atoms with E-state index in [1.165, 1.54) is 12.1 Å². The van der Waals surface area contributed by atoms with Gasteiger partial charge in [0, 0.05) is 18.2 Å². The van der Waals surface area contributed by atoms with E-state index in [-0.39, 0.29) is 58.6 Å². The molecule has 5 nitrogen and oxygen atoms in total. The summed E-state index contributed by atoms with van der Waals surface area (Å²) in [5, 5.41) is 19.2. The third kappa shape index (κ3) is 4.63. The van der Waals surface area contributed by atoms with Crippen LogP contribution in [0.3, 0.4) is 0 Å². The number of piperidine rings is 1. The van der Waals surface area contributed by atoms with E-state index >= 15 is 0 Å². The van der Waals surface area contributed by atoms with Crippen LogP contribution in [0.1, 0.15) is 47.8 Å². The molecule has 31 heavy (non-hydrogen) atoms. The zero-order valence-electron chi connectivity index (χ0n) is 20.0. The average molecular weight is 462 g/mol. The lowest BCUT2D eigenvalue weighted by Crippen LogP contribution is -2.55. The average Bonchev–Trinajstić information content (AvgIpc) is 2.74. The molecule has 170 valence electrons. The lowest BCUT2D eigenvalue weighted by atomic mass is 9.64. The highest BCUT2D eigenvalue weighted by Gasteiger charge is 2.51.